The largest absolute Gasteiger partial charge is 0.433 e. The molecule has 0 radical (unpaired) electrons. The van der Waals surface area contributed by atoms with Crippen LogP contribution in [0, 0.1) is 13.8 Å². The van der Waals surface area contributed by atoms with Crippen molar-refractivity contribution in [2.45, 2.75) is 33.0 Å². The van der Waals surface area contributed by atoms with Crippen LogP contribution in [0.15, 0.2) is 18.3 Å². The van der Waals surface area contributed by atoms with Gasteiger partial charge in [0.25, 0.3) is 5.91 Å². The second kappa shape index (κ2) is 6.89. The number of amides is 2. The predicted molar refractivity (Wildman–Crippen MR) is 98.2 cm³/mol. The Morgan fingerprint density at radius 2 is 2.00 bits per heavy atom. The summed E-state index contributed by atoms with van der Waals surface area (Å²) in [7, 11) is 0. The Morgan fingerprint density at radius 3 is 2.54 bits per heavy atom. The van der Waals surface area contributed by atoms with Gasteiger partial charge < -0.3 is 11.1 Å². The number of anilines is 1. The normalized spacial score (nSPS) is 12.9. The van der Waals surface area contributed by atoms with Crippen molar-refractivity contribution < 1.29 is 22.8 Å². The molecule has 0 bridgehead atoms. The zero-order chi connectivity index (χ0) is 20.8. The number of thiophene rings is 1. The van der Waals surface area contributed by atoms with Crippen LogP contribution in [-0.2, 0) is 11.0 Å². The van der Waals surface area contributed by atoms with E-state index in [1.165, 1.54) is 11.6 Å². The van der Waals surface area contributed by atoms with E-state index in [2.05, 4.69) is 15.4 Å². The van der Waals surface area contributed by atoms with Gasteiger partial charge in [-0.05, 0) is 38.5 Å². The van der Waals surface area contributed by atoms with Crippen LogP contribution < -0.4 is 11.1 Å². The summed E-state index contributed by atoms with van der Waals surface area (Å²) in [4.78, 5) is 28.0. The molecule has 3 rings (SSSR count). The van der Waals surface area contributed by atoms with Gasteiger partial charge in [0.05, 0.1) is 11.4 Å². The quantitative estimate of drug-likeness (QED) is 0.687. The van der Waals surface area contributed by atoms with Crippen LogP contribution in [0.5, 0.6) is 0 Å². The second-order valence-corrected chi connectivity index (χ2v) is 7.27. The third-order valence-electron chi connectivity index (χ3n) is 4.14. The van der Waals surface area contributed by atoms with E-state index >= 15 is 0 Å². The summed E-state index contributed by atoms with van der Waals surface area (Å²) in [5.41, 5.74) is 5.30. The highest BCUT2D eigenvalue weighted by molar-refractivity contribution is 7.21. The van der Waals surface area contributed by atoms with Crippen LogP contribution in [0.3, 0.4) is 0 Å². The number of carbonyl (C=O) groups is 2. The van der Waals surface area contributed by atoms with Crippen LogP contribution in [0.25, 0.3) is 10.2 Å². The molecule has 0 aliphatic rings. The van der Waals surface area contributed by atoms with E-state index in [0.717, 1.165) is 11.8 Å². The van der Waals surface area contributed by atoms with E-state index in [4.69, 9.17) is 5.73 Å². The van der Waals surface area contributed by atoms with Crippen molar-refractivity contribution in [3.63, 3.8) is 0 Å². The standard InChI is InChI=1S/C17H16F3N5O2S/c1-7-6-10(17(18,19)20)22-16-11(7)12(13(28-16)14(21)26)23-15(27)9(3)25-5-4-8(2)24-25/h4-6,9H,1-3H3,(H2,21,26)(H,23,27). The molecule has 28 heavy (non-hydrogen) atoms. The molecule has 3 aromatic rings. The first-order valence-corrected chi connectivity index (χ1v) is 8.94. The molecule has 0 fully saturated rings. The predicted octanol–water partition coefficient (Wildman–Crippen LogP) is 3.43. The molecule has 3 N–H and O–H groups in total. The van der Waals surface area contributed by atoms with Crippen molar-refractivity contribution in [1.82, 2.24) is 14.8 Å². The minimum absolute atomic E-state index is 0.0287. The maximum absolute atomic E-state index is 13.0. The molecular formula is C17H16F3N5O2S. The van der Waals surface area contributed by atoms with Gasteiger partial charge in [-0.3, -0.25) is 14.3 Å². The molecule has 148 valence electrons. The Bertz CT molecular complexity index is 1090. The Balaban J connectivity index is 2.07. The van der Waals surface area contributed by atoms with Crippen molar-refractivity contribution >= 4 is 39.1 Å². The Morgan fingerprint density at radius 1 is 1.32 bits per heavy atom. The monoisotopic (exact) mass is 411 g/mol. The number of aromatic nitrogens is 3. The molecule has 11 heteroatoms. The molecular weight excluding hydrogens is 395 g/mol. The SMILES string of the molecule is Cc1ccn(C(C)C(=O)Nc2c(C(N)=O)sc3nc(C(F)(F)F)cc(C)c23)n1. The summed E-state index contributed by atoms with van der Waals surface area (Å²) in [6, 6.07) is 1.88. The first-order valence-electron chi connectivity index (χ1n) is 8.12. The van der Waals surface area contributed by atoms with Crippen LogP contribution in [-0.4, -0.2) is 26.6 Å². The van der Waals surface area contributed by atoms with E-state index in [1.54, 1.807) is 26.1 Å². The number of hydrogen-bond acceptors (Lipinski definition) is 5. The number of carbonyl (C=O) groups excluding carboxylic acids is 2. The number of nitrogens with one attached hydrogen (secondary N) is 1. The molecule has 3 heterocycles. The lowest BCUT2D eigenvalue weighted by Gasteiger charge is -2.14. The summed E-state index contributed by atoms with van der Waals surface area (Å²) in [5.74, 6) is -1.36. The molecule has 0 aliphatic carbocycles. The van der Waals surface area contributed by atoms with E-state index in [-0.39, 0.29) is 26.3 Å². The van der Waals surface area contributed by atoms with Gasteiger partial charge in [-0.15, -0.1) is 11.3 Å². The number of primary amides is 1. The highest BCUT2D eigenvalue weighted by Crippen LogP contribution is 2.39. The van der Waals surface area contributed by atoms with Crippen LogP contribution >= 0.6 is 11.3 Å². The van der Waals surface area contributed by atoms with Crippen molar-refractivity contribution in [2.24, 2.45) is 5.73 Å². The first-order chi connectivity index (χ1) is 13.0. The summed E-state index contributed by atoms with van der Waals surface area (Å²) in [5, 5.41) is 7.03. The number of hydrogen-bond donors (Lipinski definition) is 2. The number of aryl methyl sites for hydroxylation is 2. The molecule has 0 aliphatic heterocycles. The highest BCUT2D eigenvalue weighted by Gasteiger charge is 2.34. The molecule has 7 nitrogen and oxygen atoms in total. The second-order valence-electron chi connectivity index (χ2n) is 6.28. The lowest BCUT2D eigenvalue weighted by Crippen LogP contribution is -2.25. The van der Waals surface area contributed by atoms with E-state index < -0.39 is 29.7 Å². The number of pyridine rings is 1. The fourth-order valence-electron chi connectivity index (χ4n) is 2.72. The van der Waals surface area contributed by atoms with E-state index in [9.17, 15) is 22.8 Å². The van der Waals surface area contributed by atoms with Gasteiger partial charge in [0.2, 0.25) is 5.91 Å². The zero-order valence-electron chi connectivity index (χ0n) is 15.1. The fourth-order valence-corrected chi connectivity index (χ4v) is 3.78. The summed E-state index contributed by atoms with van der Waals surface area (Å²) >= 11 is 0.707. The molecule has 1 atom stereocenters. The molecule has 0 aromatic carbocycles. The van der Waals surface area contributed by atoms with Crippen LogP contribution in [0.2, 0.25) is 0 Å². The number of rotatable bonds is 4. The van der Waals surface area contributed by atoms with Gasteiger partial charge >= 0.3 is 6.18 Å². The fraction of sp³-hybridized carbons (Fsp3) is 0.294. The van der Waals surface area contributed by atoms with Gasteiger partial charge in [-0.25, -0.2) is 4.98 Å². The molecule has 0 saturated heterocycles. The van der Waals surface area contributed by atoms with Crippen LogP contribution in [0.1, 0.15) is 39.6 Å². The minimum Gasteiger partial charge on any atom is -0.365 e. The first kappa shape index (κ1) is 19.8. The van der Waals surface area contributed by atoms with Gasteiger partial charge in [-0.2, -0.15) is 18.3 Å². The van der Waals surface area contributed by atoms with Gasteiger partial charge in [-0.1, -0.05) is 0 Å². The van der Waals surface area contributed by atoms with E-state index in [1.807, 2.05) is 0 Å². The van der Waals surface area contributed by atoms with E-state index in [0.29, 0.717) is 11.3 Å². The summed E-state index contributed by atoms with van der Waals surface area (Å²) < 4.78 is 40.6. The van der Waals surface area contributed by atoms with Crippen molar-refractivity contribution in [2.75, 3.05) is 5.32 Å². The lowest BCUT2D eigenvalue weighted by atomic mass is 10.1. The minimum atomic E-state index is -4.63. The van der Waals surface area contributed by atoms with Crippen molar-refractivity contribution in [3.8, 4) is 0 Å². The van der Waals surface area contributed by atoms with Gasteiger partial charge in [0.1, 0.15) is 21.4 Å². The average Bonchev–Trinajstić information content (AvgIpc) is 3.17. The maximum atomic E-state index is 13.0. The summed E-state index contributed by atoms with van der Waals surface area (Å²) in [6.45, 7) is 4.83. The smallest absolute Gasteiger partial charge is 0.365 e. The van der Waals surface area contributed by atoms with Crippen LogP contribution in [0.4, 0.5) is 18.9 Å². The maximum Gasteiger partial charge on any atom is 0.433 e. The number of nitrogens with zero attached hydrogens (tertiary/aromatic N) is 3. The molecule has 3 aromatic heterocycles. The van der Waals surface area contributed by atoms with Gasteiger partial charge in [0.15, 0.2) is 0 Å². The Hall–Kier alpha value is -2.95. The van der Waals surface area contributed by atoms with Crippen molar-refractivity contribution in [3.05, 3.63) is 40.2 Å². The number of nitrogens with two attached hydrogens (primary N) is 1. The topological polar surface area (TPSA) is 103 Å². The zero-order valence-corrected chi connectivity index (χ0v) is 15.9. The Kier molecular flexibility index (Phi) is 4.88. The molecule has 1 unspecified atom stereocenters. The molecule has 0 saturated carbocycles. The number of halogens is 3. The number of alkyl halides is 3. The highest BCUT2D eigenvalue weighted by atomic mass is 32.1. The Labute approximate surface area is 161 Å². The summed E-state index contributed by atoms with van der Waals surface area (Å²) in [6.07, 6.45) is -3.01. The lowest BCUT2D eigenvalue weighted by molar-refractivity contribution is -0.141. The molecule has 2 amide bonds. The molecule has 0 spiro atoms. The van der Waals surface area contributed by atoms with Gasteiger partial charge in [0, 0.05) is 11.6 Å². The average molecular weight is 411 g/mol. The third kappa shape index (κ3) is 3.57. The third-order valence-corrected chi connectivity index (χ3v) is 5.24. The van der Waals surface area contributed by atoms with Crippen molar-refractivity contribution in [1.29, 1.82) is 0 Å². The number of fused-ring (bicyclic) bond motifs is 1.